The van der Waals surface area contributed by atoms with E-state index in [1.54, 1.807) is 7.11 Å². The molecule has 21 heavy (non-hydrogen) atoms. The molecule has 2 aromatic carbocycles. The largest absolute Gasteiger partial charge is 0.495 e. The van der Waals surface area contributed by atoms with Crippen LogP contribution in [0.5, 0.6) is 5.75 Å². The molecule has 3 rings (SSSR count). The number of aromatic nitrogens is 1. The quantitative estimate of drug-likeness (QED) is 0.683. The van der Waals surface area contributed by atoms with E-state index in [2.05, 4.69) is 38.5 Å². The van der Waals surface area contributed by atoms with Crippen LogP contribution < -0.4 is 10.0 Å². The van der Waals surface area contributed by atoms with Crippen molar-refractivity contribution in [1.29, 1.82) is 0 Å². The summed E-state index contributed by atoms with van der Waals surface area (Å²) in [7, 11) is 4.46. The van der Waals surface area contributed by atoms with Gasteiger partial charge in [-0.3, -0.25) is 4.98 Å². The fourth-order valence-corrected chi connectivity index (χ4v) is 2.89. The molecule has 1 atom stereocenters. The molecule has 0 amide bonds. The third-order valence-electron chi connectivity index (χ3n) is 3.40. The highest BCUT2D eigenvalue weighted by Crippen LogP contribution is 2.32. The monoisotopic (exact) mass is 293 g/mol. The van der Waals surface area contributed by atoms with Gasteiger partial charge >= 0.3 is 0 Å². The summed E-state index contributed by atoms with van der Waals surface area (Å²) < 4.78 is 5.63. The van der Waals surface area contributed by atoms with E-state index < -0.39 is 0 Å². The second-order valence-corrected chi connectivity index (χ2v) is 5.28. The van der Waals surface area contributed by atoms with Gasteiger partial charge in [0.2, 0.25) is 0 Å². The van der Waals surface area contributed by atoms with Crippen molar-refractivity contribution < 1.29 is 4.74 Å². The molecule has 0 N–H and O–H groups in total. The molecule has 0 saturated carbocycles. The van der Waals surface area contributed by atoms with Gasteiger partial charge in [-0.15, -0.1) is 0 Å². The molecule has 0 aliphatic heterocycles. The Hall–Kier alpha value is -2.18. The Bertz CT molecular complexity index is 742. The highest BCUT2D eigenvalue weighted by atomic mass is 31.0. The van der Waals surface area contributed by atoms with Gasteiger partial charge in [-0.2, -0.15) is 0 Å². The first-order chi connectivity index (χ1) is 10.3. The molecule has 3 heteroatoms. The summed E-state index contributed by atoms with van der Waals surface area (Å²) >= 11 is 0. The fraction of sp³-hybridized carbons (Fsp3) is 0.0556. The Morgan fingerprint density at radius 1 is 0.857 bits per heavy atom. The zero-order valence-electron chi connectivity index (χ0n) is 11.8. The second kappa shape index (κ2) is 6.07. The number of methoxy groups -OCH3 is 1. The third kappa shape index (κ3) is 2.68. The van der Waals surface area contributed by atoms with Crippen molar-refractivity contribution in [3.63, 3.8) is 0 Å². The molecular formula is C18H16NOP. The predicted molar refractivity (Wildman–Crippen MR) is 91.0 cm³/mol. The van der Waals surface area contributed by atoms with Crippen molar-refractivity contribution in [3.05, 3.63) is 66.9 Å². The van der Waals surface area contributed by atoms with Crippen molar-refractivity contribution in [1.82, 2.24) is 4.98 Å². The van der Waals surface area contributed by atoms with Crippen molar-refractivity contribution in [2.45, 2.75) is 0 Å². The molecule has 3 aromatic rings. The van der Waals surface area contributed by atoms with Crippen LogP contribution in [0, 0.1) is 0 Å². The van der Waals surface area contributed by atoms with Crippen molar-refractivity contribution in [2.24, 2.45) is 0 Å². The number of nitrogens with zero attached hydrogens (tertiary/aromatic N) is 1. The average Bonchev–Trinajstić information content (AvgIpc) is 2.56. The number of hydrogen-bond donors (Lipinski definition) is 0. The van der Waals surface area contributed by atoms with E-state index in [4.69, 9.17) is 4.74 Å². The lowest BCUT2D eigenvalue weighted by molar-refractivity contribution is 0.420. The van der Waals surface area contributed by atoms with Crippen LogP contribution in [0.3, 0.4) is 0 Å². The summed E-state index contributed by atoms with van der Waals surface area (Å²) in [6, 6.07) is 20.3. The number of ether oxygens (including phenoxy) is 1. The first-order valence-corrected chi connectivity index (χ1v) is 7.32. The topological polar surface area (TPSA) is 22.1 Å². The zero-order chi connectivity index (χ0) is 14.7. The van der Waals surface area contributed by atoms with Crippen LogP contribution in [0.25, 0.3) is 22.4 Å². The van der Waals surface area contributed by atoms with Gasteiger partial charge < -0.3 is 4.74 Å². The molecule has 2 nitrogen and oxygen atoms in total. The summed E-state index contributed by atoms with van der Waals surface area (Å²) in [5.74, 6) is 0.847. The smallest absolute Gasteiger partial charge is 0.137 e. The van der Waals surface area contributed by atoms with Crippen molar-refractivity contribution in [3.8, 4) is 28.1 Å². The molecule has 0 bridgehead atoms. The number of rotatable bonds is 3. The molecule has 0 spiro atoms. The Morgan fingerprint density at radius 2 is 1.43 bits per heavy atom. The molecular weight excluding hydrogens is 277 g/mol. The normalized spacial score (nSPS) is 10.4. The summed E-state index contributed by atoms with van der Waals surface area (Å²) in [5.41, 5.74) is 4.12. The van der Waals surface area contributed by atoms with Crippen LogP contribution in [0.1, 0.15) is 0 Å². The lowest BCUT2D eigenvalue weighted by Crippen LogP contribution is -2.07. The summed E-state index contributed by atoms with van der Waals surface area (Å²) in [6.07, 6.45) is 1.88. The van der Waals surface area contributed by atoms with E-state index >= 15 is 0 Å². The molecule has 1 heterocycles. The minimum Gasteiger partial charge on any atom is -0.495 e. The van der Waals surface area contributed by atoms with Gasteiger partial charge in [-0.25, -0.2) is 0 Å². The van der Waals surface area contributed by atoms with Crippen LogP contribution in [-0.2, 0) is 0 Å². The Kier molecular flexibility index (Phi) is 3.98. The third-order valence-corrected chi connectivity index (χ3v) is 3.94. The van der Waals surface area contributed by atoms with Gasteiger partial charge in [0.25, 0.3) is 0 Å². The van der Waals surface area contributed by atoms with Gasteiger partial charge in [0.1, 0.15) is 5.75 Å². The lowest BCUT2D eigenvalue weighted by Gasteiger charge is -2.14. The molecule has 0 radical (unpaired) electrons. The van der Waals surface area contributed by atoms with Crippen molar-refractivity contribution in [2.75, 3.05) is 7.11 Å². The molecule has 104 valence electrons. The zero-order valence-corrected chi connectivity index (χ0v) is 12.9. The number of pyridine rings is 1. The first-order valence-electron chi connectivity index (χ1n) is 6.74. The molecule has 0 fully saturated rings. The SMILES string of the molecule is COc1c(-c2ccccc2)cnc(-c2ccccc2)c1P. The summed E-state index contributed by atoms with van der Waals surface area (Å²) in [6.45, 7) is 0. The highest BCUT2D eigenvalue weighted by Gasteiger charge is 2.14. The molecule has 0 aliphatic rings. The number of hydrogen-bond acceptors (Lipinski definition) is 2. The van der Waals surface area contributed by atoms with Gasteiger partial charge in [-0.05, 0) is 5.56 Å². The maximum Gasteiger partial charge on any atom is 0.137 e. The maximum atomic E-state index is 5.63. The summed E-state index contributed by atoms with van der Waals surface area (Å²) in [5, 5.41) is 0.977. The highest BCUT2D eigenvalue weighted by molar-refractivity contribution is 7.28. The Balaban J connectivity index is 2.17. The number of benzene rings is 2. The molecule has 0 saturated heterocycles. The summed E-state index contributed by atoms with van der Waals surface area (Å²) in [4.78, 5) is 4.63. The molecule has 1 unspecified atom stereocenters. The van der Waals surface area contributed by atoms with Crippen LogP contribution in [0.2, 0.25) is 0 Å². The van der Waals surface area contributed by atoms with Crippen LogP contribution in [0.4, 0.5) is 0 Å². The Labute approximate surface area is 127 Å². The van der Waals surface area contributed by atoms with Crippen LogP contribution in [0.15, 0.2) is 66.9 Å². The Morgan fingerprint density at radius 3 is 2.00 bits per heavy atom. The van der Waals surface area contributed by atoms with Gasteiger partial charge in [0.05, 0.1) is 12.8 Å². The first kappa shape index (κ1) is 13.8. The van der Waals surface area contributed by atoms with Gasteiger partial charge in [-0.1, -0.05) is 69.9 Å². The van der Waals surface area contributed by atoms with E-state index in [-0.39, 0.29) is 0 Å². The van der Waals surface area contributed by atoms with E-state index in [1.807, 2.05) is 42.6 Å². The molecule has 0 aliphatic carbocycles. The average molecular weight is 293 g/mol. The fourth-order valence-electron chi connectivity index (χ4n) is 2.38. The van der Waals surface area contributed by atoms with E-state index in [1.165, 1.54) is 0 Å². The minimum absolute atomic E-state index is 0.847. The predicted octanol–water partition coefficient (Wildman–Crippen LogP) is 3.92. The van der Waals surface area contributed by atoms with E-state index in [0.717, 1.165) is 33.4 Å². The standard InChI is InChI=1S/C18H16NOP/c1-20-17-15(13-8-4-2-5-9-13)12-19-16(18(17)21)14-10-6-3-7-11-14/h2-12H,21H2,1H3. The minimum atomic E-state index is 0.847. The van der Waals surface area contributed by atoms with E-state index in [0.29, 0.717) is 0 Å². The van der Waals surface area contributed by atoms with E-state index in [9.17, 15) is 0 Å². The lowest BCUT2D eigenvalue weighted by atomic mass is 10.0. The van der Waals surface area contributed by atoms with Crippen LogP contribution in [-0.4, -0.2) is 12.1 Å². The van der Waals surface area contributed by atoms with Crippen LogP contribution >= 0.6 is 9.24 Å². The van der Waals surface area contributed by atoms with Gasteiger partial charge in [0.15, 0.2) is 0 Å². The maximum absolute atomic E-state index is 5.63. The van der Waals surface area contributed by atoms with Gasteiger partial charge in [0, 0.05) is 22.6 Å². The second-order valence-electron chi connectivity index (χ2n) is 4.70. The molecule has 1 aromatic heterocycles. The van der Waals surface area contributed by atoms with Crippen molar-refractivity contribution >= 4 is 14.5 Å².